The van der Waals surface area contributed by atoms with Gasteiger partial charge in [0.25, 0.3) is 0 Å². The summed E-state index contributed by atoms with van der Waals surface area (Å²) in [6.07, 6.45) is 2.36. The molecule has 0 bridgehead atoms. The van der Waals surface area contributed by atoms with Crippen molar-refractivity contribution < 1.29 is 0 Å². The Morgan fingerprint density at radius 3 is 2.95 bits per heavy atom. The predicted molar refractivity (Wildman–Crippen MR) is 73.0 cm³/mol. The average molecular weight is 278 g/mol. The average Bonchev–Trinajstić information content (AvgIpc) is 2.99. The van der Waals surface area contributed by atoms with Crippen LogP contribution in [0.25, 0.3) is 0 Å². The number of aryl methyl sites for hydroxylation is 2. The minimum Gasteiger partial charge on any atom is -0.296 e. The zero-order valence-corrected chi connectivity index (χ0v) is 12.1. The molecule has 0 radical (unpaired) electrons. The van der Waals surface area contributed by atoms with Gasteiger partial charge in [0, 0.05) is 12.5 Å². The van der Waals surface area contributed by atoms with E-state index in [-0.39, 0.29) is 0 Å². The number of nitrogens with one attached hydrogen (secondary N) is 1. The zero-order valence-electron chi connectivity index (χ0n) is 11.3. The maximum atomic E-state index is 4.46. The van der Waals surface area contributed by atoms with Gasteiger partial charge < -0.3 is 0 Å². The fraction of sp³-hybridized carbons (Fsp3) is 0.667. The van der Waals surface area contributed by atoms with Crippen LogP contribution in [0.5, 0.6) is 0 Å². The minimum absolute atomic E-state index is 0.438. The Morgan fingerprint density at radius 2 is 2.26 bits per heavy atom. The summed E-state index contributed by atoms with van der Waals surface area (Å²) in [4.78, 5) is 6.89. The molecule has 2 aromatic heterocycles. The van der Waals surface area contributed by atoms with Crippen molar-refractivity contribution in [3.63, 3.8) is 0 Å². The Kier molecular flexibility index (Phi) is 3.56. The molecule has 0 saturated carbocycles. The van der Waals surface area contributed by atoms with Crippen LogP contribution in [0.1, 0.15) is 40.4 Å². The molecule has 1 saturated heterocycles. The third-order valence-corrected chi connectivity index (χ3v) is 4.24. The molecule has 0 aliphatic carbocycles. The lowest BCUT2D eigenvalue weighted by atomic mass is 9.97. The molecule has 6 nitrogen and oxygen atoms in total. The van der Waals surface area contributed by atoms with Crippen molar-refractivity contribution in [3.05, 3.63) is 21.7 Å². The predicted octanol–water partition coefficient (Wildman–Crippen LogP) is 1.65. The Balaban J connectivity index is 1.64. The lowest BCUT2D eigenvalue weighted by molar-refractivity contribution is 0.196. The third-order valence-electron chi connectivity index (χ3n) is 3.41. The molecule has 0 aromatic carbocycles. The summed E-state index contributed by atoms with van der Waals surface area (Å²) in [6, 6.07) is 0. The zero-order chi connectivity index (χ0) is 13.2. The first-order chi connectivity index (χ1) is 9.20. The van der Waals surface area contributed by atoms with Crippen LogP contribution in [0.4, 0.5) is 0 Å². The second-order valence-corrected chi connectivity index (χ2v) is 6.33. The van der Waals surface area contributed by atoms with Crippen LogP contribution in [0.15, 0.2) is 0 Å². The molecule has 3 rings (SSSR count). The van der Waals surface area contributed by atoms with E-state index in [0.29, 0.717) is 5.92 Å². The first-order valence-electron chi connectivity index (χ1n) is 6.61. The molecule has 102 valence electrons. The Hall–Kier alpha value is -1.34. The summed E-state index contributed by atoms with van der Waals surface area (Å²) in [5.41, 5.74) is 0. The second kappa shape index (κ2) is 5.34. The van der Waals surface area contributed by atoms with E-state index in [9.17, 15) is 0 Å². The monoisotopic (exact) mass is 278 g/mol. The highest BCUT2D eigenvalue weighted by molar-refractivity contribution is 7.11. The number of hydrogen-bond acceptors (Lipinski definition) is 6. The van der Waals surface area contributed by atoms with E-state index < -0.39 is 0 Å². The molecule has 1 atom stereocenters. The summed E-state index contributed by atoms with van der Waals surface area (Å²) in [7, 11) is 0. The van der Waals surface area contributed by atoms with Gasteiger partial charge in [-0.2, -0.15) is 5.10 Å². The number of aromatic nitrogens is 5. The van der Waals surface area contributed by atoms with Crippen molar-refractivity contribution in [3.8, 4) is 0 Å². The van der Waals surface area contributed by atoms with E-state index in [1.165, 1.54) is 12.8 Å². The van der Waals surface area contributed by atoms with Crippen LogP contribution in [-0.2, 0) is 6.54 Å². The Labute approximate surface area is 116 Å². The number of rotatable bonds is 3. The van der Waals surface area contributed by atoms with Gasteiger partial charge in [-0.05, 0) is 33.2 Å². The number of aromatic amines is 1. The van der Waals surface area contributed by atoms with Gasteiger partial charge in [-0.1, -0.05) is 0 Å². The summed E-state index contributed by atoms with van der Waals surface area (Å²) in [5, 5.41) is 17.6. The number of H-pyrrole nitrogens is 1. The molecule has 1 fully saturated rings. The molecule has 2 aromatic rings. The topological polar surface area (TPSA) is 70.6 Å². The lowest BCUT2D eigenvalue weighted by Gasteiger charge is -2.30. The maximum Gasteiger partial charge on any atom is 0.155 e. The summed E-state index contributed by atoms with van der Waals surface area (Å²) in [6.45, 7) is 6.97. The first kappa shape index (κ1) is 12.7. The van der Waals surface area contributed by atoms with E-state index in [2.05, 4.69) is 30.3 Å². The molecule has 0 unspecified atom stereocenters. The van der Waals surface area contributed by atoms with Gasteiger partial charge in [-0.25, -0.2) is 4.98 Å². The number of likely N-dealkylation sites (tertiary alicyclic amines) is 1. The fourth-order valence-corrected chi connectivity index (χ4v) is 3.30. The normalized spacial score (nSPS) is 20.8. The van der Waals surface area contributed by atoms with Gasteiger partial charge in [0.05, 0.1) is 6.54 Å². The quantitative estimate of drug-likeness (QED) is 0.924. The molecule has 0 spiro atoms. The van der Waals surface area contributed by atoms with E-state index in [1.54, 1.807) is 11.3 Å². The summed E-state index contributed by atoms with van der Waals surface area (Å²) in [5.74, 6) is 2.29. The van der Waals surface area contributed by atoms with E-state index >= 15 is 0 Å². The van der Waals surface area contributed by atoms with Crippen molar-refractivity contribution in [1.82, 2.24) is 30.3 Å². The molecular weight excluding hydrogens is 260 g/mol. The maximum absolute atomic E-state index is 4.46. The molecule has 0 amide bonds. The SMILES string of the molecule is Cc1nc([C@H]2CCCN(Cc3nnc(C)s3)C2)n[nH]1. The van der Waals surface area contributed by atoms with Crippen molar-refractivity contribution in [2.24, 2.45) is 0 Å². The number of hydrogen-bond donors (Lipinski definition) is 1. The highest BCUT2D eigenvalue weighted by Gasteiger charge is 2.24. The summed E-state index contributed by atoms with van der Waals surface area (Å²) < 4.78 is 0. The van der Waals surface area contributed by atoms with Gasteiger partial charge in [-0.3, -0.25) is 10.00 Å². The fourth-order valence-electron chi connectivity index (χ4n) is 2.55. The Bertz CT molecular complexity index is 548. The van der Waals surface area contributed by atoms with Crippen molar-refractivity contribution in [2.45, 2.75) is 39.2 Å². The van der Waals surface area contributed by atoms with Crippen LogP contribution in [0.3, 0.4) is 0 Å². The van der Waals surface area contributed by atoms with Gasteiger partial charge in [-0.15, -0.1) is 21.5 Å². The lowest BCUT2D eigenvalue weighted by Crippen LogP contribution is -2.34. The van der Waals surface area contributed by atoms with Gasteiger partial charge in [0.2, 0.25) is 0 Å². The molecule has 19 heavy (non-hydrogen) atoms. The van der Waals surface area contributed by atoms with Gasteiger partial charge in [0.15, 0.2) is 5.82 Å². The number of piperidine rings is 1. The molecule has 3 heterocycles. The highest BCUT2D eigenvalue weighted by Crippen LogP contribution is 2.25. The van der Waals surface area contributed by atoms with Gasteiger partial charge in [0.1, 0.15) is 15.8 Å². The van der Waals surface area contributed by atoms with Crippen LogP contribution < -0.4 is 0 Å². The molecule has 7 heteroatoms. The molecule has 1 aliphatic rings. The van der Waals surface area contributed by atoms with Crippen LogP contribution in [-0.4, -0.2) is 43.4 Å². The van der Waals surface area contributed by atoms with Crippen LogP contribution in [0, 0.1) is 13.8 Å². The largest absolute Gasteiger partial charge is 0.296 e. The van der Waals surface area contributed by atoms with Crippen molar-refractivity contribution in [1.29, 1.82) is 0 Å². The number of nitrogens with zero attached hydrogens (tertiary/aromatic N) is 5. The van der Waals surface area contributed by atoms with E-state index in [4.69, 9.17) is 0 Å². The van der Waals surface area contributed by atoms with Crippen LogP contribution in [0.2, 0.25) is 0 Å². The summed E-state index contributed by atoms with van der Waals surface area (Å²) >= 11 is 1.68. The molecular formula is C12H18N6S. The standard InChI is InChI=1S/C12H18N6S/c1-8-13-12(17-14-8)10-4-3-5-18(6-10)7-11-16-15-9(2)19-11/h10H,3-7H2,1-2H3,(H,13,14,17)/t10-/m0/s1. The van der Waals surface area contributed by atoms with Crippen molar-refractivity contribution in [2.75, 3.05) is 13.1 Å². The van der Waals surface area contributed by atoms with E-state index in [0.717, 1.165) is 41.3 Å². The first-order valence-corrected chi connectivity index (χ1v) is 7.42. The second-order valence-electron chi connectivity index (χ2n) is 5.07. The molecule has 1 aliphatic heterocycles. The smallest absolute Gasteiger partial charge is 0.155 e. The van der Waals surface area contributed by atoms with E-state index in [1.807, 2.05) is 13.8 Å². The molecule has 1 N–H and O–H groups in total. The highest BCUT2D eigenvalue weighted by atomic mass is 32.1. The van der Waals surface area contributed by atoms with Crippen LogP contribution >= 0.6 is 11.3 Å². The minimum atomic E-state index is 0.438. The third kappa shape index (κ3) is 2.98. The Morgan fingerprint density at radius 1 is 1.37 bits per heavy atom. The van der Waals surface area contributed by atoms with Gasteiger partial charge >= 0.3 is 0 Å². The van der Waals surface area contributed by atoms with Crippen molar-refractivity contribution >= 4 is 11.3 Å².